The van der Waals surface area contributed by atoms with E-state index in [1.54, 1.807) is 19.4 Å². The van der Waals surface area contributed by atoms with Gasteiger partial charge >= 0.3 is 0 Å². The Labute approximate surface area is 142 Å². The second-order valence-corrected chi connectivity index (χ2v) is 6.27. The minimum atomic E-state index is -0.0347. The second-order valence-electron chi connectivity index (χ2n) is 6.27. The molecule has 5 nitrogen and oxygen atoms in total. The van der Waals surface area contributed by atoms with E-state index in [2.05, 4.69) is 22.3 Å². The van der Waals surface area contributed by atoms with Crippen molar-refractivity contribution < 1.29 is 13.9 Å². The molecule has 2 heterocycles. The number of benzene rings is 1. The number of nitrogens with zero attached hydrogens (tertiary/aromatic N) is 1. The predicted molar refractivity (Wildman–Crippen MR) is 92.2 cm³/mol. The lowest BCUT2D eigenvalue weighted by Gasteiger charge is -2.32. The van der Waals surface area contributed by atoms with Crippen molar-refractivity contribution in [1.82, 2.24) is 10.2 Å². The summed E-state index contributed by atoms with van der Waals surface area (Å²) in [6.45, 7) is 4.68. The molecule has 0 atom stereocenters. The highest BCUT2D eigenvalue weighted by molar-refractivity contribution is 5.95. The van der Waals surface area contributed by atoms with Crippen LogP contribution < -0.4 is 10.1 Å². The average Bonchev–Trinajstić information content (AvgIpc) is 3.03. The summed E-state index contributed by atoms with van der Waals surface area (Å²) in [7, 11) is 1.69. The number of carbonyl (C=O) groups is 1. The number of likely N-dealkylation sites (tertiary alicyclic amines) is 1. The van der Waals surface area contributed by atoms with Crippen LogP contribution in [0.4, 0.5) is 0 Å². The van der Waals surface area contributed by atoms with Crippen LogP contribution in [0.1, 0.15) is 34.5 Å². The number of aryl methyl sites for hydroxylation is 1. The molecule has 5 heteroatoms. The summed E-state index contributed by atoms with van der Waals surface area (Å²) in [6.07, 6.45) is 3.49. The van der Waals surface area contributed by atoms with E-state index in [0.717, 1.165) is 38.2 Å². The van der Waals surface area contributed by atoms with E-state index in [1.165, 1.54) is 5.56 Å². The lowest BCUT2D eigenvalue weighted by molar-refractivity contribution is 0.0907. The molecule has 1 amide bonds. The average molecular weight is 328 g/mol. The van der Waals surface area contributed by atoms with Crippen molar-refractivity contribution >= 4 is 5.91 Å². The first kappa shape index (κ1) is 16.6. The first-order valence-corrected chi connectivity index (χ1v) is 8.36. The molecule has 0 radical (unpaired) electrons. The standard InChI is InChI=1S/C19H24N2O3/c1-14-18(8-11-24-14)19(22)20-16-6-9-21(10-7-16)13-15-4-3-5-17(12-15)23-2/h3-5,8,11-12,16H,6-7,9-10,13H2,1-2H3,(H,20,22). The van der Waals surface area contributed by atoms with Crippen molar-refractivity contribution in [3.8, 4) is 5.75 Å². The first-order valence-electron chi connectivity index (χ1n) is 8.36. The Morgan fingerprint density at radius 3 is 2.79 bits per heavy atom. The lowest BCUT2D eigenvalue weighted by Crippen LogP contribution is -2.44. The maximum Gasteiger partial charge on any atom is 0.255 e. The Balaban J connectivity index is 1.49. The van der Waals surface area contributed by atoms with E-state index in [4.69, 9.17) is 9.15 Å². The number of carbonyl (C=O) groups excluding carboxylic acids is 1. The molecule has 128 valence electrons. The van der Waals surface area contributed by atoms with Crippen molar-refractivity contribution in [2.24, 2.45) is 0 Å². The molecular weight excluding hydrogens is 304 g/mol. The highest BCUT2D eigenvalue weighted by Crippen LogP contribution is 2.18. The third kappa shape index (κ3) is 3.97. The zero-order chi connectivity index (χ0) is 16.9. The maximum absolute atomic E-state index is 12.2. The number of piperidine rings is 1. The minimum absolute atomic E-state index is 0.0347. The molecule has 0 saturated carbocycles. The first-order chi connectivity index (χ1) is 11.7. The van der Waals surface area contributed by atoms with Crippen LogP contribution >= 0.6 is 0 Å². The number of amides is 1. The van der Waals surface area contributed by atoms with Gasteiger partial charge in [0.1, 0.15) is 11.5 Å². The van der Waals surface area contributed by atoms with Crippen LogP contribution in [0.25, 0.3) is 0 Å². The summed E-state index contributed by atoms with van der Waals surface area (Å²) < 4.78 is 10.5. The van der Waals surface area contributed by atoms with Crippen molar-refractivity contribution in [3.63, 3.8) is 0 Å². The third-order valence-corrected chi connectivity index (χ3v) is 4.57. The number of hydrogen-bond acceptors (Lipinski definition) is 4. The molecular formula is C19H24N2O3. The highest BCUT2D eigenvalue weighted by atomic mass is 16.5. The number of ether oxygens (including phenoxy) is 1. The van der Waals surface area contributed by atoms with Gasteiger partial charge in [0.15, 0.2) is 0 Å². The molecule has 3 rings (SSSR count). The molecule has 1 aliphatic rings. The fraction of sp³-hybridized carbons (Fsp3) is 0.421. The van der Waals surface area contributed by atoms with Gasteiger partial charge < -0.3 is 14.5 Å². The number of hydrogen-bond donors (Lipinski definition) is 1. The predicted octanol–water partition coefficient (Wildman–Crippen LogP) is 2.99. The lowest BCUT2D eigenvalue weighted by atomic mass is 10.0. The largest absolute Gasteiger partial charge is 0.497 e. The molecule has 1 aliphatic heterocycles. The van der Waals surface area contributed by atoms with Crippen LogP contribution in [-0.4, -0.2) is 37.0 Å². The molecule has 2 aromatic rings. The summed E-state index contributed by atoms with van der Waals surface area (Å²) in [4.78, 5) is 14.7. The summed E-state index contributed by atoms with van der Waals surface area (Å²) in [6, 6.07) is 10.1. The molecule has 24 heavy (non-hydrogen) atoms. The van der Waals surface area contributed by atoms with Crippen molar-refractivity contribution in [1.29, 1.82) is 0 Å². The van der Waals surface area contributed by atoms with E-state index in [9.17, 15) is 4.79 Å². The minimum Gasteiger partial charge on any atom is -0.497 e. The van der Waals surface area contributed by atoms with Crippen LogP contribution in [-0.2, 0) is 6.54 Å². The highest BCUT2D eigenvalue weighted by Gasteiger charge is 2.22. The van der Waals surface area contributed by atoms with Crippen LogP contribution in [0.2, 0.25) is 0 Å². The maximum atomic E-state index is 12.2. The van der Waals surface area contributed by atoms with Gasteiger partial charge in [-0.1, -0.05) is 12.1 Å². The molecule has 1 N–H and O–H groups in total. The van der Waals surface area contributed by atoms with Gasteiger partial charge in [0.25, 0.3) is 5.91 Å². The van der Waals surface area contributed by atoms with Crippen molar-refractivity contribution in [2.75, 3.05) is 20.2 Å². The SMILES string of the molecule is COc1cccc(CN2CCC(NC(=O)c3ccoc3C)CC2)c1. The molecule has 0 bridgehead atoms. The normalized spacial score (nSPS) is 16.1. The summed E-state index contributed by atoms with van der Waals surface area (Å²) in [5, 5.41) is 3.12. The van der Waals surface area contributed by atoms with E-state index < -0.39 is 0 Å². The van der Waals surface area contributed by atoms with Gasteiger partial charge in [0, 0.05) is 25.7 Å². The Hall–Kier alpha value is -2.27. The zero-order valence-electron chi connectivity index (χ0n) is 14.2. The van der Waals surface area contributed by atoms with E-state index >= 15 is 0 Å². The van der Waals surface area contributed by atoms with E-state index in [-0.39, 0.29) is 11.9 Å². The van der Waals surface area contributed by atoms with Gasteiger partial charge in [-0.15, -0.1) is 0 Å². The second kappa shape index (κ2) is 7.53. The monoisotopic (exact) mass is 328 g/mol. The molecule has 0 aliphatic carbocycles. The smallest absolute Gasteiger partial charge is 0.255 e. The number of rotatable bonds is 5. The van der Waals surface area contributed by atoms with Crippen molar-refractivity contribution in [2.45, 2.75) is 32.4 Å². The Kier molecular flexibility index (Phi) is 5.20. The van der Waals surface area contributed by atoms with Gasteiger partial charge in [-0.25, -0.2) is 0 Å². The van der Waals surface area contributed by atoms with Gasteiger partial charge in [-0.2, -0.15) is 0 Å². The van der Waals surface area contributed by atoms with E-state index in [1.807, 2.05) is 19.1 Å². The number of furan rings is 1. The Bertz CT molecular complexity index is 687. The molecule has 1 aromatic carbocycles. The number of methoxy groups -OCH3 is 1. The van der Waals surface area contributed by atoms with E-state index in [0.29, 0.717) is 11.3 Å². The van der Waals surface area contributed by atoms with Gasteiger partial charge in [0.2, 0.25) is 0 Å². The van der Waals surface area contributed by atoms with Crippen LogP contribution in [0.3, 0.4) is 0 Å². The van der Waals surface area contributed by atoms with Crippen LogP contribution in [0, 0.1) is 6.92 Å². The zero-order valence-corrected chi connectivity index (χ0v) is 14.2. The van der Waals surface area contributed by atoms with Gasteiger partial charge in [0.05, 0.1) is 18.9 Å². The Morgan fingerprint density at radius 2 is 2.12 bits per heavy atom. The van der Waals surface area contributed by atoms with Crippen LogP contribution in [0.15, 0.2) is 41.0 Å². The summed E-state index contributed by atoms with van der Waals surface area (Å²) in [5.74, 6) is 1.53. The Morgan fingerprint density at radius 1 is 1.33 bits per heavy atom. The molecule has 0 spiro atoms. The quantitative estimate of drug-likeness (QED) is 0.917. The van der Waals surface area contributed by atoms with Gasteiger partial charge in [-0.05, 0) is 43.5 Å². The molecule has 0 unspecified atom stereocenters. The van der Waals surface area contributed by atoms with Crippen LogP contribution in [0.5, 0.6) is 5.75 Å². The summed E-state index contributed by atoms with van der Waals surface area (Å²) >= 11 is 0. The van der Waals surface area contributed by atoms with Gasteiger partial charge in [-0.3, -0.25) is 9.69 Å². The third-order valence-electron chi connectivity index (χ3n) is 4.57. The fourth-order valence-corrected chi connectivity index (χ4v) is 3.15. The van der Waals surface area contributed by atoms with Crippen molar-refractivity contribution in [3.05, 3.63) is 53.5 Å². The fourth-order valence-electron chi connectivity index (χ4n) is 3.15. The number of nitrogens with one attached hydrogen (secondary N) is 1. The molecule has 1 saturated heterocycles. The summed E-state index contributed by atoms with van der Waals surface area (Å²) in [5.41, 5.74) is 1.89. The molecule has 1 aromatic heterocycles. The topological polar surface area (TPSA) is 54.7 Å². The molecule has 1 fully saturated rings.